The maximum Gasteiger partial charge on any atom is 0.183 e. The predicted molar refractivity (Wildman–Crippen MR) is 73.7 cm³/mol. The molecule has 1 N–H and O–H groups in total. The normalized spacial score (nSPS) is 26.4. The zero-order chi connectivity index (χ0) is 14.3. The van der Waals surface area contributed by atoms with E-state index in [0.29, 0.717) is 0 Å². The summed E-state index contributed by atoms with van der Waals surface area (Å²) < 4.78 is 48.3. The van der Waals surface area contributed by atoms with Crippen LogP contribution in [-0.4, -0.2) is 46.7 Å². The Balaban J connectivity index is 2.42. The first-order valence-electron chi connectivity index (χ1n) is 5.94. The van der Waals surface area contributed by atoms with E-state index < -0.39 is 31.0 Å². The lowest BCUT2D eigenvalue weighted by atomic mass is 10.2. The third kappa shape index (κ3) is 2.82. The lowest BCUT2D eigenvalue weighted by Gasteiger charge is -2.17. The monoisotopic (exact) mass is 303 g/mol. The molecule has 2 rings (SSSR count). The molecule has 0 aromatic heterocycles. The second-order valence-electron chi connectivity index (χ2n) is 4.87. The summed E-state index contributed by atoms with van der Waals surface area (Å²) in [5.74, 6) is -0.437. The van der Waals surface area contributed by atoms with Crippen molar-refractivity contribution in [3.63, 3.8) is 0 Å². The highest BCUT2D eigenvalue weighted by atomic mass is 32.2. The van der Waals surface area contributed by atoms with Crippen LogP contribution in [0.4, 0.5) is 0 Å². The summed E-state index contributed by atoms with van der Waals surface area (Å²) in [4.78, 5) is 0.181. The van der Waals surface area contributed by atoms with Crippen molar-refractivity contribution in [3.8, 4) is 0 Å². The molecule has 19 heavy (non-hydrogen) atoms. The molecular formula is C12H17NO4S2. The fraction of sp³-hybridized carbons (Fsp3) is 0.500. The molecule has 0 saturated carbocycles. The molecule has 0 aliphatic carbocycles. The van der Waals surface area contributed by atoms with Crippen LogP contribution >= 0.6 is 0 Å². The second-order valence-corrected chi connectivity index (χ2v) is 9.19. The quantitative estimate of drug-likeness (QED) is 0.860. The van der Waals surface area contributed by atoms with Gasteiger partial charge in [-0.15, -0.1) is 0 Å². The fourth-order valence-corrected chi connectivity index (χ4v) is 7.10. The van der Waals surface area contributed by atoms with Crippen molar-refractivity contribution in [1.29, 1.82) is 0 Å². The van der Waals surface area contributed by atoms with Gasteiger partial charge < -0.3 is 5.32 Å². The van der Waals surface area contributed by atoms with Crippen molar-refractivity contribution >= 4 is 19.7 Å². The van der Waals surface area contributed by atoms with Crippen LogP contribution in [0.5, 0.6) is 0 Å². The first kappa shape index (κ1) is 14.5. The summed E-state index contributed by atoms with van der Waals surface area (Å²) in [6.45, 7) is 1.87. The van der Waals surface area contributed by atoms with Gasteiger partial charge in [0.05, 0.1) is 21.7 Å². The maximum atomic E-state index is 12.5. The van der Waals surface area contributed by atoms with Gasteiger partial charge >= 0.3 is 0 Å². The average Bonchev–Trinajstić information content (AvgIpc) is 2.66. The Morgan fingerprint density at radius 1 is 1.16 bits per heavy atom. The van der Waals surface area contributed by atoms with Gasteiger partial charge in [-0.25, -0.2) is 16.8 Å². The highest BCUT2D eigenvalue weighted by Crippen LogP contribution is 2.25. The molecule has 0 spiro atoms. The summed E-state index contributed by atoms with van der Waals surface area (Å²) >= 11 is 0. The van der Waals surface area contributed by atoms with E-state index in [2.05, 4.69) is 5.32 Å². The highest BCUT2D eigenvalue weighted by Gasteiger charge is 2.45. The Labute approximate surface area is 113 Å². The van der Waals surface area contributed by atoms with Crippen LogP contribution in [0, 0.1) is 6.92 Å². The van der Waals surface area contributed by atoms with Gasteiger partial charge in [0.1, 0.15) is 0 Å². The van der Waals surface area contributed by atoms with Crippen LogP contribution in [0.3, 0.4) is 0 Å². The van der Waals surface area contributed by atoms with Crippen LogP contribution in [0.1, 0.15) is 5.56 Å². The Bertz CT molecular complexity index is 662. The number of hydrogen-bond acceptors (Lipinski definition) is 5. The van der Waals surface area contributed by atoms with Gasteiger partial charge in [0.2, 0.25) is 0 Å². The number of benzene rings is 1. The minimum atomic E-state index is -3.63. The van der Waals surface area contributed by atoms with Crippen LogP contribution in [0.2, 0.25) is 0 Å². The lowest BCUT2D eigenvalue weighted by Crippen LogP contribution is -2.41. The maximum absolute atomic E-state index is 12.5. The molecule has 7 heteroatoms. The van der Waals surface area contributed by atoms with Crippen LogP contribution in [0.25, 0.3) is 0 Å². The van der Waals surface area contributed by atoms with Gasteiger partial charge in [-0.2, -0.15) is 0 Å². The number of sulfone groups is 2. The molecular weight excluding hydrogens is 286 g/mol. The molecule has 0 amide bonds. The van der Waals surface area contributed by atoms with Crippen LogP contribution in [0.15, 0.2) is 29.2 Å². The molecule has 1 fully saturated rings. The SMILES string of the molecule is CNC1CS(=O)(=O)CC1S(=O)(=O)c1ccc(C)cc1. The van der Waals surface area contributed by atoms with Crippen molar-refractivity contribution in [3.05, 3.63) is 29.8 Å². The molecule has 1 saturated heterocycles. The average molecular weight is 303 g/mol. The van der Waals surface area contributed by atoms with Crippen molar-refractivity contribution < 1.29 is 16.8 Å². The fourth-order valence-electron chi connectivity index (χ4n) is 2.29. The molecule has 2 unspecified atom stereocenters. The van der Waals surface area contributed by atoms with Gasteiger partial charge in [0.15, 0.2) is 19.7 Å². The topological polar surface area (TPSA) is 80.3 Å². The summed E-state index contributed by atoms with van der Waals surface area (Å²) in [6.07, 6.45) is 0. The van der Waals surface area contributed by atoms with Crippen molar-refractivity contribution in [2.75, 3.05) is 18.6 Å². The van der Waals surface area contributed by atoms with E-state index in [1.807, 2.05) is 6.92 Å². The molecule has 1 aromatic carbocycles. The van der Waals surface area contributed by atoms with Gasteiger partial charge in [-0.05, 0) is 26.1 Å². The molecule has 0 radical (unpaired) electrons. The molecule has 106 valence electrons. The first-order valence-corrected chi connectivity index (χ1v) is 9.31. The van der Waals surface area contributed by atoms with Crippen molar-refractivity contribution in [1.82, 2.24) is 5.32 Å². The predicted octanol–water partition coefficient (Wildman–Crippen LogP) is 0.154. The number of aryl methyl sites for hydroxylation is 1. The van der Waals surface area contributed by atoms with Gasteiger partial charge in [0, 0.05) is 6.04 Å². The van der Waals surface area contributed by atoms with E-state index >= 15 is 0 Å². The van der Waals surface area contributed by atoms with E-state index in [-0.39, 0.29) is 16.4 Å². The highest BCUT2D eigenvalue weighted by molar-refractivity contribution is 7.96. The van der Waals surface area contributed by atoms with Crippen molar-refractivity contribution in [2.45, 2.75) is 23.1 Å². The number of nitrogens with one attached hydrogen (secondary N) is 1. The van der Waals surface area contributed by atoms with Gasteiger partial charge in [-0.3, -0.25) is 0 Å². The van der Waals surface area contributed by atoms with E-state index in [9.17, 15) is 16.8 Å². The Hall–Kier alpha value is -0.920. The smallest absolute Gasteiger partial charge is 0.183 e. The third-order valence-electron chi connectivity index (χ3n) is 3.42. The van der Waals surface area contributed by atoms with E-state index in [0.717, 1.165) is 5.56 Å². The summed E-state index contributed by atoms with van der Waals surface area (Å²) in [6, 6.07) is 5.94. The lowest BCUT2D eigenvalue weighted by molar-refractivity contribution is 0.553. The molecule has 1 heterocycles. The van der Waals surface area contributed by atoms with Crippen molar-refractivity contribution in [2.24, 2.45) is 0 Å². The van der Waals surface area contributed by atoms with E-state index in [1.165, 1.54) is 12.1 Å². The first-order chi connectivity index (χ1) is 8.76. The minimum absolute atomic E-state index is 0.126. The Kier molecular flexibility index (Phi) is 3.72. The molecule has 2 atom stereocenters. The van der Waals surface area contributed by atoms with Crippen LogP contribution in [-0.2, 0) is 19.7 Å². The third-order valence-corrected chi connectivity index (χ3v) is 7.59. The zero-order valence-corrected chi connectivity index (χ0v) is 12.5. The second kappa shape index (κ2) is 4.88. The molecule has 1 aliphatic heterocycles. The summed E-state index contributed by atoms with van der Waals surface area (Å²) in [5, 5.41) is 1.89. The number of rotatable bonds is 3. The van der Waals surface area contributed by atoms with Gasteiger partial charge in [0.25, 0.3) is 0 Å². The molecule has 1 aromatic rings. The summed E-state index contributed by atoms with van der Waals surface area (Å²) in [7, 11) is -5.34. The molecule has 5 nitrogen and oxygen atoms in total. The van der Waals surface area contributed by atoms with Crippen LogP contribution < -0.4 is 5.32 Å². The zero-order valence-electron chi connectivity index (χ0n) is 10.8. The van der Waals surface area contributed by atoms with Gasteiger partial charge in [-0.1, -0.05) is 17.7 Å². The molecule has 0 bridgehead atoms. The Morgan fingerprint density at radius 2 is 1.74 bits per heavy atom. The minimum Gasteiger partial charge on any atom is -0.315 e. The molecule has 1 aliphatic rings. The Morgan fingerprint density at radius 3 is 2.26 bits per heavy atom. The number of hydrogen-bond donors (Lipinski definition) is 1. The van der Waals surface area contributed by atoms with E-state index in [4.69, 9.17) is 0 Å². The summed E-state index contributed by atoms with van der Waals surface area (Å²) in [5.41, 5.74) is 0.961. The largest absolute Gasteiger partial charge is 0.315 e. The standard InChI is InChI=1S/C12H17NO4S2/c1-9-3-5-10(6-4-9)19(16,17)12-8-18(14,15)7-11(12)13-2/h3-6,11-13H,7-8H2,1-2H3. The van der Waals surface area contributed by atoms with E-state index in [1.54, 1.807) is 19.2 Å².